The van der Waals surface area contributed by atoms with Gasteiger partial charge in [0.15, 0.2) is 29.1 Å². The Bertz CT molecular complexity index is 4690. The van der Waals surface area contributed by atoms with Gasteiger partial charge in [-0.3, -0.25) is 52.7 Å². The summed E-state index contributed by atoms with van der Waals surface area (Å²) < 4.78 is 49.0. The smallest absolute Gasteiger partial charge is 0.292 e. The van der Waals surface area contributed by atoms with Crippen LogP contribution in [-0.4, -0.2) is 267 Å². The normalized spacial score (nSPS) is 12.4. The molecule has 0 saturated carbocycles. The lowest BCUT2D eigenvalue weighted by Crippen LogP contribution is -2.33. The fraction of sp³-hybridized carbons (Fsp3) is 0.500. The summed E-state index contributed by atoms with van der Waals surface area (Å²) >= 11 is 7.98. The minimum absolute atomic E-state index is 0.00829. The van der Waals surface area contributed by atoms with Crippen molar-refractivity contribution in [2.75, 3.05) is 167 Å². The van der Waals surface area contributed by atoms with Crippen molar-refractivity contribution in [3.63, 3.8) is 0 Å². The van der Waals surface area contributed by atoms with Gasteiger partial charge in [0.1, 0.15) is 22.6 Å². The highest BCUT2D eigenvalue weighted by molar-refractivity contribution is 7.15. The first-order valence-corrected chi connectivity index (χ1v) is 39.5. The van der Waals surface area contributed by atoms with E-state index < -0.39 is 41.4 Å². The van der Waals surface area contributed by atoms with E-state index in [1.165, 1.54) is 73.7 Å². The van der Waals surface area contributed by atoms with Gasteiger partial charge in [-0.05, 0) is 77.5 Å². The Morgan fingerprint density at radius 2 is 0.949 bits per heavy atom. The van der Waals surface area contributed by atoms with E-state index in [0.717, 1.165) is 46.5 Å². The number of aliphatic imine (C=N–C) groups is 1. The number of carbonyl (C=O) groups is 9. The zero-order valence-corrected chi connectivity index (χ0v) is 68.9. The number of hydrogen-bond acceptors (Lipinski definition) is 25. The fourth-order valence-electron chi connectivity index (χ4n) is 12.0. The summed E-state index contributed by atoms with van der Waals surface area (Å²) in [5.41, 5.74) is 4.81. The third kappa shape index (κ3) is 27.9. The molecule has 1 atom stereocenters. The van der Waals surface area contributed by atoms with Crippen molar-refractivity contribution in [1.82, 2.24) is 89.0 Å². The molecule has 9 N–H and O–H groups in total. The number of thiophene rings is 1. The summed E-state index contributed by atoms with van der Waals surface area (Å²) in [6, 6.07) is 9.04. The van der Waals surface area contributed by atoms with Crippen molar-refractivity contribution < 1.29 is 76.3 Å². The molecule has 0 radical (unpaired) electrons. The molecule has 1 aliphatic heterocycles. The molecular weight excluding hydrogens is 1560 g/mol. The molecule has 8 heterocycles. The maximum atomic E-state index is 13.3. The van der Waals surface area contributed by atoms with E-state index >= 15 is 0 Å². The number of carbonyl (C=O) groups excluding carboxylic acids is 9. The summed E-state index contributed by atoms with van der Waals surface area (Å²) in [5, 5.41) is 34.9. The van der Waals surface area contributed by atoms with Gasteiger partial charge in [0.2, 0.25) is 41.1 Å². The van der Waals surface area contributed by atoms with Gasteiger partial charge in [0.25, 0.3) is 29.5 Å². The molecule has 0 unspecified atom stereocenters. The van der Waals surface area contributed by atoms with Gasteiger partial charge in [-0.15, -0.1) is 21.5 Å². The molecule has 9 rings (SSSR count). The van der Waals surface area contributed by atoms with E-state index in [2.05, 4.69) is 101 Å². The number of aryl methyl sites for hydroxylation is 7. The molecular formula is C76H104ClN23O16S. The van der Waals surface area contributed by atoms with Crippen molar-refractivity contribution in [3.8, 4) is 5.00 Å². The van der Waals surface area contributed by atoms with Gasteiger partial charge < -0.3 is 109 Å². The second-order valence-corrected chi connectivity index (χ2v) is 28.9. The fourth-order valence-corrected chi connectivity index (χ4v) is 13.3. The van der Waals surface area contributed by atoms with E-state index in [-0.39, 0.29) is 116 Å². The van der Waals surface area contributed by atoms with Crippen LogP contribution in [0.1, 0.15) is 137 Å². The lowest BCUT2D eigenvalue weighted by atomic mass is 9.99. The topological polar surface area (TPSA) is 449 Å². The van der Waals surface area contributed by atoms with E-state index in [9.17, 15) is 43.2 Å². The number of fused-ring (bicyclic) bond motifs is 3. The molecule has 0 fully saturated rings. The van der Waals surface area contributed by atoms with Gasteiger partial charge in [-0.25, -0.2) is 19.9 Å². The number of nitrogens with zero attached hydrogens (tertiary/aromatic N) is 14. The molecule has 1 aliphatic rings. The molecule has 0 spiro atoms. The van der Waals surface area contributed by atoms with Crippen LogP contribution < -0.4 is 47.9 Å². The Balaban J connectivity index is 0.508. The summed E-state index contributed by atoms with van der Waals surface area (Å²) in [4.78, 5) is 141. The number of ether oxygens (including phenoxy) is 7. The van der Waals surface area contributed by atoms with Gasteiger partial charge in [-0.2, -0.15) is 0 Å². The molecule has 0 bridgehead atoms. The van der Waals surface area contributed by atoms with Crippen LogP contribution in [0.3, 0.4) is 0 Å². The highest BCUT2D eigenvalue weighted by atomic mass is 35.5. The standard InChI is InChI=1S/C76H104ClN23O16S/c1-49-50(2)117-76-64(49)65(52-12-14-53(77)15-13-52)85-55(66-93-92-51(3)100(66)76)19-30-110-32-34-112-36-38-114-40-42-116-43-41-115-39-37-113-35-33-111-31-20-61(102)79-22-11-28-94(4)27-10-21-78-60(101)16-23-82-72(106)68-88-57(46-97(68)7)86-63(104)18-25-83-73(107)69-90-59(48-98(69)8)91-75(109)70-89-58(47-99(70)9)87-62(103)17-24-81-71(105)56-44-54(45-96(56)6)84-74(108)67-80-26-29-95(67)5/h12-15,26,29,44-48,55H,10-11,16-25,27-28,30-43H2,1-9H3,(H,78,101)(H,79,102)(H,81,105)(H,82,106)(H,83,107)(H,84,108)(H,86,104)(H,87,103)(H,91,109)/t55-/m0/s1. The highest BCUT2D eigenvalue weighted by Gasteiger charge is 2.32. The first-order chi connectivity index (χ1) is 56.4. The average Bonchev–Trinajstić information content (AvgIpc) is 1.59. The minimum Gasteiger partial charge on any atom is -0.379 e. The van der Waals surface area contributed by atoms with Gasteiger partial charge in [0.05, 0.1) is 97.3 Å². The van der Waals surface area contributed by atoms with Gasteiger partial charge in [0, 0.05) is 165 Å². The molecule has 632 valence electrons. The number of imidazole rings is 4. The molecule has 117 heavy (non-hydrogen) atoms. The monoisotopic (exact) mass is 1660 g/mol. The molecule has 8 aromatic rings. The van der Waals surface area contributed by atoms with Crippen LogP contribution in [0.5, 0.6) is 0 Å². The number of amides is 9. The lowest BCUT2D eigenvalue weighted by molar-refractivity contribution is -0.122. The van der Waals surface area contributed by atoms with E-state index in [1.807, 2.05) is 38.2 Å². The summed E-state index contributed by atoms with van der Waals surface area (Å²) in [7, 11) is 9.93. The third-order valence-electron chi connectivity index (χ3n) is 18.1. The van der Waals surface area contributed by atoms with Crippen molar-refractivity contribution in [2.45, 2.75) is 71.8 Å². The van der Waals surface area contributed by atoms with Crippen LogP contribution in [0.4, 0.5) is 23.1 Å². The predicted octanol–water partition coefficient (Wildman–Crippen LogP) is 3.75. The number of hydrogen-bond donors (Lipinski definition) is 9. The quantitative estimate of drug-likeness (QED) is 0.0245. The Kier molecular flexibility index (Phi) is 35.5. The van der Waals surface area contributed by atoms with Crippen LogP contribution in [0.2, 0.25) is 5.02 Å². The zero-order chi connectivity index (χ0) is 83.8. The first kappa shape index (κ1) is 90.0. The van der Waals surface area contributed by atoms with Crippen molar-refractivity contribution in [3.05, 3.63) is 135 Å². The van der Waals surface area contributed by atoms with Crippen LogP contribution in [0, 0.1) is 20.8 Å². The number of anilines is 4. The maximum Gasteiger partial charge on any atom is 0.292 e. The van der Waals surface area contributed by atoms with Crippen LogP contribution in [0.15, 0.2) is 72.5 Å². The Morgan fingerprint density at radius 3 is 1.46 bits per heavy atom. The lowest BCUT2D eigenvalue weighted by Gasteiger charge is -2.16. The molecule has 0 aliphatic carbocycles. The second-order valence-electron chi connectivity index (χ2n) is 27.2. The van der Waals surface area contributed by atoms with Crippen molar-refractivity contribution in [2.24, 2.45) is 40.2 Å². The Labute approximate surface area is 685 Å². The molecule has 39 nitrogen and oxygen atoms in total. The third-order valence-corrected chi connectivity index (χ3v) is 19.6. The summed E-state index contributed by atoms with van der Waals surface area (Å²) in [6.07, 6.45) is 11.0. The number of aromatic nitrogens is 12. The molecule has 7 aromatic heterocycles. The number of rotatable bonds is 51. The van der Waals surface area contributed by atoms with Crippen molar-refractivity contribution in [1.29, 1.82) is 0 Å². The minimum atomic E-state index is -0.701. The first-order valence-electron chi connectivity index (χ1n) is 38.3. The van der Waals surface area contributed by atoms with E-state index in [0.29, 0.717) is 129 Å². The van der Waals surface area contributed by atoms with Gasteiger partial charge >= 0.3 is 0 Å². The summed E-state index contributed by atoms with van der Waals surface area (Å²) in [6.45, 7) is 14.3. The largest absolute Gasteiger partial charge is 0.379 e. The zero-order valence-electron chi connectivity index (χ0n) is 67.3. The number of benzene rings is 1. The van der Waals surface area contributed by atoms with Crippen molar-refractivity contribution >= 4 is 105 Å². The Hall–Kier alpha value is -11.0. The van der Waals surface area contributed by atoms with Gasteiger partial charge in [-0.1, -0.05) is 23.7 Å². The van der Waals surface area contributed by atoms with Crippen LogP contribution in [-0.2, 0) is 87.6 Å². The van der Waals surface area contributed by atoms with Crippen LogP contribution >= 0.6 is 22.9 Å². The van der Waals surface area contributed by atoms with Crippen LogP contribution in [0.25, 0.3) is 5.00 Å². The molecule has 0 saturated heterocycles. The molecule has 41 heteroatoms. The average molecular weight is 1660 g/mol. The number of nitrogens with one attached hydrogen (secondary N) is 9. The molecule has 9 amide bonds. The maximum absolute atomic E-state index is 13.3. The Morgan fingerprint density at radius 1 is 0.487 bits per heavy atom. The SMILES string of the molecule is Cc1sc2c(c1C)C(c1ccc(Cl)cc1)=N[C@@H](CCOCCOCCOCCOCCOCCOCCOCCC(=O)NCCCN(C)CCCNC(=O)CCNC(=O)c1nc(NC(=O)CCNC(=O)c3nc(NC(=O)c4nc(NC(=O)CCNC(=O)c5cc(NC(=O)c6nccn6C)cn5C)cn4C)cn3C)cn1C)c1nnc(C)n1-2. The second kappa shape index (κ2) is 46.1. The van der Waals surface area contributed by atoms with E-state index in [1.54, 1.807) is 49.4 Å². The predicted molar refractivity (Wildman–Crippen MR) is 433 cm³/mol. The summed E-state index contributed by atoms with van der Waals surface area (Å²) in [5.74, 6) is -2.39. The number of halogens is 1. The van der Waals surface area contributed by atoms with E-state index in [4.69, 9.17) is 49.8 Å². The highest BCUT2D eigenvalue weighted by Crippen LogP contribution is 2.40. The molecule has 1 aromatic carbocycles.